The highest BCUT2D eigenvalue weighted by molar-refractivity contribution is 7.94. The first kappa shape index (κ1) is 17.5. The number of hydrogen-bond donors (Lipinski definition) is 0. The van der Waals surface area contributed by atoms with Crippen molar-refractivity contribution in [2.75, 3.05) is 23.1 Å². The second-order valence-electron chi connectivity index (χ2n) is 6.24. The van der Waals surface area contributed by atoms with Gasteiger partial charge in [0.05, 0.1) is 16.9 Å². The molecule has 1 heterocycles. The largest absolute Gasteiger partial charge is 0.339 e. The number of anilines is 1. The average Bonchev–Trinajstić information content (AvgIpc) is 2.63. The summed E-state index contributed by atoms with van der Waals surface area (Å²) in [6.45, 7) is 8.10. The Labute approximate surface area is 137 Å². The Morgan fingerprint density at radius 3 is 2.35 bits per heavy atom. The molecule has 1 saturated heterocycles. The molecule has 0 aliphatic carbocycles. The van der Waals surface area contributed by atoms with Crippen LogP contribution in [0.25, 0.3) is 0 Å². The Balaban J connectivity index is 2.45. The third-order valence-electron chi connectivity index (χ3n) is 3.96. The maximum atomic E-state index is 12.4. The average molecular weight is 338 g/mol. The van der Waals surface area contributed by atoms with Gasteiger partial charge < -0.3 is 4.90 Å². The second kappa shape index (κ2) is 5.96. The normalized spacial score (nSPS) is 19.0. The van der Waals surface area contributed by atoms with Gasteiger partial charge in [-0.25, -0.2) is 12.7 Å². The summed E-state index contributed by atoms with van der Waals surface area (Å²) in [5.41, 5.74) is -0.366. The van der Waals surface area contributed by atoms with E-state index in [1.165, 1.54) is 12.1 Å². The molecule has 0 atom stereocenters. The standard InChI is InChI=1S/C16H22N2O4S/c1-5-17(6-2)14(19)12-8-7-9-13(10-12)18-15(20)16(3,4)11-23(18,21)22/h7-10H,5-6,11H2,1-4H3. The predicted octanol–water partition coefficient (Wildman–Crippen LogP) is 1.87. The molecule has 7 heteroatoms. The minimum Gasteiger partial charge on any atom is -0.339 e. The highest BCUT2D eigenvalue weighted by Crippen LogP contribution is 2.35. The zero-order chi connectivity index (χ0) is 17.4. The lowest BCUT2D eigenvalue weighted by Crippen LogP contribution is -2.33. The Morgan fingerprint density at radius 2 is 1.87 bits per heavy atom. The van der Waals surface area contributed by atoms with E-state index in [2.05, 4.69) is 0 Å². The lowest BCUT2D eigenvalue weighted by atomic mass is 9.95. The summed E-state index contributed by atoms with van der Waals surface area (Å²) in [6, 6.07) is 6.23. The van der Waals surface area contributed by atoms with Crippen molar-refractivity contribution in [2.45, 2.75) is 27.7 Å². The van der Waals surface area contributed by atoms with E-state index < -0.39 is 21.3 Å². The van der Waals surface area contributed by atoms with E-state index in [4.69, 9.17) is 0 Å². The fourth-order valence-corrected chi connectivity index (χ4v) is 4.82. The molecule has 1 aliphatic rings. The molecule has 1 aromatic carbocycles. The number of amides is 2. The van der Waals surface area contributed by atoms with Crippen LogP contribution in [-0.4, -0.2) is 44.0 Å². The summed E-state index contributed by atoms with van der Waals surface area (Å²) in [5.74, 6) is -0.877. The van der Waals surface area contributed by atoms with E-state index in [-0.39, 0.29) is 17.3 Å². The molecule has 1 aromatic rings. The van der Waals surface area contributed by atoms with Gasteiger partial charge >= 0.3 is 0 Å². The number of rotatable bonds is 4. The van der Waals surface area contributed by atoms with E-state index in [0.717, 1.165) is 4.31 Å². The molecule has 0 bridgehead atoms. The van der Waals surface area contributed by atoms with Gasteiger partial charge in [0.25, 0.3) is 5.91 Å². The Kier molecular flexibility index (Phi) is 4.52. The van der Waals surface area contributed by atoms with Gasteiger partial charge in [-0.2, -0.15) is 0 Å². The molecular formula is C16H22N2O4S. The van der Waals surface area contributed by atoms with Gasteiger partial charge in [-0.05, 0) is 45.9 Å². The van der Waals surface area contributed by atoms with E-state index in [1.807, 2.05) is 13.8 Å². The molecule has 126 valence electrons. The lowest BCUT2D eigenvalue weighted by Gasteiger charge is -2.21. The Hall–Kier alpha value is -1.89. The molecular weight excluding hydrogens is 316 g/mol. The number of sulfonamides is 1. The minimum atomic E-state index is -3.71. The number of nitrogens with zero attached hydrogens (tertiary/aromatic N) is 2. The third-order valence-corrected chi connectivity index (χ3v) is 5.98. The third kappa shape index (κ3) is 3.10. The van der Waals surface area contributed by atoms with Crippen LogP contribution in [0, 0.1) is 5.41 Å². The summed E-state index contributed by atoms with van der Waals surface area (Å²) in [7, 11) is -3.71. The molecule has 2 amide bonds. The molecule has 2 rings (SSSR count). The molecule has 0 radical (unpaired) electrons. The fourth-order valence-electron chi connectivity index (χ4n) is 2.72. The number of carbonyl (C=O) groups excluding carboxylic acids is 2. The highest BCUT2D eigenvalue weighted by Gasteiger charge is 2.49. The fraction of sp³-hybridized carbons (Fsp3) is 0.500. The molecule has 0 unspecified atom stereocenters. The van der Waals surface area contributed by atoms with Crippen molar-refractivity contribution in [1.82, 2.24) is 4.90 Å². The molecule has 6 nitrogen and oxygen atoms in total. The minimum absolute atomic E-state index is 0.180. The zero-order valence-electron chi connectivity index (χ0n) is 13.9. The van der Waals surface area contributed by atoms with E-state index in [9.17, 15) is 18.0 Å². The number of carbonyl (C=O) groups is 2. The van der Waals surface area contributed by atoms with Gasteiger partial charge in [0.1, 0.15) is 0 Å². The number of benzene rings is 1. The summed E-state index contributed by atoms with van der Waals surface area (Å²) >= 11 is 0. The van der Waals surface area contributed by atoms with Crippen molar-refractivity contribution in [2.24, 2.45) is 5.41 Å². The quantitative estimate of drug-likeness (QED) is 0.840. The topological polar surface area (TPSA) is 74.8 Å². The molecule has 0 saturated carbocycles. The molecule has 1 aliphatic heterocycles. The van der Waals surface area contributed by atoms with Gasteiger partial charge in [0.2, 0.25) is 15.9 Å². The molecule has 23 heavy (non-hydrogen) atoms. The van der Waals surface area contributed by atoms with Gasteiger partial charge in [-0.3, -0.25) is 9.59 Å². The van der Waals surface area contributed by atoms with E-state index in [1.54, 1.807) is 30.9 Å². The van der Waals surface area contributed by atoms with Crippen molar-refractivity contribution in [3.05, 3.63) is 29.8 Å². The first-order chi connectivity index (χ1) is 10.6. The Bertz CT molecular complexity index is 736. The maximum Gasteiger partial charge on any atom is 0.253 e. The Morgan fingerprint density at radius 1 is 1.26 bits per heavy atom. The maximum absolute atomic E-state index is 12.4. The van der Waals surface area contributed by atoms with Crippen molar-refractivity contribution in [3.8, 4) is 0 Å². The number of hydrogen-bond acceptors (Lipinski definition) is 4. The van der Waals surface area contributed by atoms with Gasteiger partial charge in [-0.15, -0.1) is 0 Å². The van der Waals surface area contributed by atoms with Gasteiger partial charge in [0, 0.05) is 18.7 Å². The summed E-state index contributed by atoms with van der Waals surface area (Å²) in [6.07, 6.45) is 0. The zero-order valence-corrected chi connectivity index (χ0v) is 14.7. The molecule has 0 aromatic heterocycles. The first-order valence-corrected chi connectivity index (χ1v) is 9.21. The summed E-state index contributed by atoms with van der Waals surface area (Å²) in [4.78, 5) is 26.5. The summed E-state index contributed by atoms with van der Waals surface area (Å²) in [5, 5.41) is 0. The summed E-state index contributed by atoms with van der Waals surface area (Å²) < 4.78 is 25.5. The first-order valence-electron chi connectivity index (χ1n) is 7.61. The highest BCUT2D eigenvalue weighted by atomic mass is 32.2. The van der Waals surface area contributed by atoms with Crippen molar-refractivity contribution >= 4 is 27.5 Å². The van der Waals surface area contributed by atoms with Crippen LogP contribution in [0.4, 0.5) is 5.69 Å². The van der Waals surface area contributed by atoms with Crippen molar-refractivity contribution < 1.29 is 18.0 Å². The molecule has 0 N–H and O–H groups in total. The monoisotopic (exact) mass is 338 g/mol. The smallest absolute Gasteiger partial charge is 0.253 e. The van der Waals surface area contributed by atoms with E-state index in [0.29, 0.717) is 18.7 Å². The van der Waals surface area contributed by atoms with Gasteiger partial charge in [0.15, 0.2) is 0 Å². The van der Waals surface area contributed by atoms with Crippen LogP contribution in [-0.2, 0) is 14.8 Å². The lowest BCUT2D eigenvalue weighted by molar-refractivity contribution is -0.123. The van der Waals surface area contributed by atoms with Crippen molar-refractivity contribution in [3.63, 3.8) is 0 Å². The molecule has 0 spiro atoms. The van der Waals surface area contributed by atoms with Crippen LogP contribution in [0.15, 0.2) is 24.3 Å². The molecule has 1 fully saturated rings. The van der Waals surface area contributed by atoms with Crippen molar-refractivity contribution in [1.29, 1.82) is 0 Å². The van der Waals surface area contributed by atoms with E-state index >= 15 is 0 Å². The van der Waals surface area contributed by atoms with Crippen LogP contribution in [0.1, 0.15) is 38.1 Å². The van der Waals surface area contributed by atoms with Crippen LogP contribution in [0.5, 0.6) is 0 Å². The van der Waals surface area contributed by atoms with Crippen LogP contribution in [0.3, 0.4) is 0 Å². The van der Waals surface area contributed by atoms with Crippen LogP contribution in [0.2, 0.25) is 0 Å². The second-order valence-corrected chi connectivity index (χ2v) is 8.06. The van der Waals surface area contributed by atoms with Crippen LogP contribution < -0.4 is 4.31 Å². The predicted molar refractivity (Wildman–Crippen MR) is 88.7 cm³/mol. The van der Waals surface area contributed by atoms with Gasteiger partial charge in [-0.1, -0.05) is 6.07 Å². The SMILES string of the molecule is CCN(CC)C(=O)c1cccc(N2C(=O)C(C)(C)CS2(=O)=O)c1. The van der Waals surface area contributed by atoms with Crippen LogP contribution >= 0.6 is 0 Å².